The van der Waals surface area contributed by atoms with E-state index in [0.29, 0.717) is 5.56 Å². The number of hydrogen-bond donors (Lipinski definition) is 1. The number of methoxy groups -OCH3 is 1. The lowest BCUT2D eigenvalue weighted by atomic mass is 10.0. The van der Waals surface area contributed by atoms with Gasteiger partial charge in [-0.1, -0.05) is 18.1 Å². The van der Waals surface area contributed by atoms with Crippen LogP contribution >= 0.6 is 0 Å². The van der Waals surface area contributed by atoms with Gasteiger partial charge >= 0.3 is 0 Å². The van der Waals surface area contributed by atoms with Crippen LogP contribution in [0.5, 0.6) is 0 Å². The second kappa shape index (κ2) is 8.97. The van der Waals surface area contributed by atoms with E-state index in [4.69, 9.17) is 11.2 Å². The summed E-state index contributed by atoms with van der Waals surface area (Å²) in [4.78, 5) is 26.1. The third-order valence-electron chi connectivity index (χ3n) is 4.17. The monoisotopic (exact) mass is 396 g/mol. The lowest BCUT2D eigenvalue weighted by Gasteiger charge is -2.26. The standard InChI is InChI=1S/C18H21FN2O5S/c1-3-8-21(9-13-4-6-14(19)7-5-13)18(23)15-11-27(24,25)12-16(15)20-17(22)10-26-2/h1,4-7,15-16H,8-12H2,2H3,(H,20,22)/t15-,16-/m1/s1. The molecule has 2 rings (SSSR count). The summed E-state index contributed by atoms with van der Waals surface area (Å²) in [7, 11) is -2.14. The summed E-state index contributed by atoms with van der Waals surface area (Å²) in [5, 5.41) is 2.54. The van der Waals surface area contributed by atoms with Crippen LogP contribution in [0.2, 0.25) is 0 Å². The second-order valence-electron chi connectivity index (χ2n) is 6.32. The Labute approximate surface area is 157 Å². The molecule has 0 aliphatic carbocycles. The van der Waals surface area contributed by atoms with Crippen LogP contribution in [-0.2, 0) is 30.7 Å². The highest BCUT2D eigenvalue weighted by atomic mass is 32.2. The predicted molar refractivity (Wildman–Crippen MR) is 96.6 cm³/mol. The molecule has 1 aliphatic heterocycles. The second-order valence-corrected chi connectivity index (χ2v) is 8.47. The number of nitrogens with one attached hydrogen (secondary N) is 1. The lowest BCUT2D eigenvalue weighted by molar-refractivity contribution is -0.136. The molecule has 1 aromatic carbocycles. The molecule has 1 saturated heterocycles. The van der Waals surface area contributed by atoms with Gasteiger partial charge in [0.05, 0.1) is 30.0 Å². The molecule has 7 nitrogen and oxygen atoms in total. The van der Waals surface area contributed by atoms with Crippen LogP contribution in [0.1, 0.15) is 5.56 Å². The predicted octanol–water partition coefficient (Wildman–Crippen LogP) is -0.0367. The molecule has 27 heavy (non-hydrogen) atoms. The van der Waals surface area contributed by atoms with Crippen molar-refractivity contribution in [3.8, 4) is 12.3 Å². The topological polar surface area (TPSA) is 92.8 Å². The fourth-order valence-electron chi connectivity index (χ4n) is 2.98. The van der Waals surface area contributed by atoms with Crippen LogP contribution in [0.4, 0.5) is 4.39 Å². The first-order valence-electron chi connectivity index (χ1n) is 8.21. The Kier molecular flexibility index (Phi) is 6.93. The molecule has 0 unspecified atom stereocenters. The summed E-state index contributed by atoms with van der Waals surface area (Å²) in [6, 6.07) is 4.73. The van der Waals surface area contributed by atoms with Gasteiger partial charge in [-0.15, -0.1) is 6.42 Å². The number of sulfone groups is 1. The van der Waals surface area contributed by atoms with Crippen LogP contribution in [0.15, 0.2) is 24.3 Å². The zero-order valence-electron chi connectivity index (χ0n) is 14.9. The molecular weight excluding hydrogens is 375 g/mol. The summed E-state index contributed by atoms with van der Waals surface area (Å²) in [5.74, 6) is -0.630. The normalized spacial score (nSPS) is 20.6. The van der Waals surface area contributed by atoms with Crippen molar-refractivity contribution in [3.05, 3.63) is 35.6 Å². The number of carbonyl (C=O) groups is 2. The molecule has 0 radical (unpaired) electrons. The number of rotatable bonds is 7. The molecule has 1 heterocycles. The van der Waals surface area contributed by atoms with Gasteiger partial charge in [0.2, 0.25) is 11.8 Å². The van der Waals surface area contributed by atoms with Crippen molar-refractivity contribution in [1.82, 2.24) is 10.2 Å². The average Bonchev–Trinajstić information content (AvgIpc) is 2.90. The average molecular weight is 396 g/mol. The Balaban J connectivity index is 2.19. The van der Waals surface area contributed by atoms with Crippen LogP contribution < -0.4 is 5.32 Å². The highest BCUT2D eigenvalue weighted by Crippen LogP contribution is 2.23. The van der Waals surface area contributed by atoms with Gasteiger partial charge in [0.25, 0.3) is 0 Å². The maximum atomic E-state index is 13.1. The molecule has 1 aromatic rings. The van der Waals surface area contributed by atoms with Gasteiger partial charge in [-0.25, -0.2) is 12.8 Å². The van der Waals surface area contributed by atoms with E-state index in [0.717, 1.165) is 0 Å². The van der Waals surface area contributed by atoms with Crippen molar-refractivity contribution in [1.29, 1.82) is 0 Å². The van der Waals surface area contributed by atoms with E-state index in [1.165, 1.54) is 36.3 Å². The van der Waals surface area contributed by atoms with Crippen molar-refractivity contribution < 1.29 is 27.1 Å². The van der Waals surface area contributed by atoms with Gasteiger partial charge in [-0.2, -0.15) is 0 Å². The Bertz CT molecular complexity index is 832. The Morgan fingerprint density at radius 2 is 2.00 bits per heavy atom. The van der Waals surface area contributed by atoms with Crippen molar-refractivity contribution in [3.63, 3.8) is 0 Å². The molecule has 1 N–H and O–H groups in total. The third-order valence-corrected chi connectivity index (χ3v) is 5.91. The quantitative estimate of drug-likeness (QED) is 0.653. The highest BCUT2D eigenvalue weighted by molar-refractivity contribution is 7.91. The molecule has 1 fully saturated rings. The van der Waals surface area contributed by atoms with Crippen LogP contribution in [0.25, 0.3) is 0 Å². The Morgan fingerprint density at radius 3 is 2.59 bits per heavy atom. The maximum Gasteiger partial charge on any atom is 0.246 e. The van der Waals surface area contributed by atoms with Gasteiger partial charge < -0.3 is 15.0 Å². The number of hydrogen-bond acceptors (Lipinski definition) is 5. The third kappa shape index (κ3) is 5.77. The summed E-state index contributed by atoms with van der Waals surface area (Å²) in [6.07, 6.45) is 5.34. The first kappa shape index (κ1) is 20.9. The van der Waals surface area contributed by atoms with Crippen molar-refractivity contribution in [2.24, 2.45) is 5.92 Å². The molecule has 9 heteroatoms. The number of halogens is 1. The van der Waals surface area contributed by atoms with E-state index in [1.807, 2.05) is 0 Å². The number of carbonyl (C=O) groups excluding carboxylic acids is 2. The van der Waals surface area contributed by atoms with Gasteiger partial charge in [0.1, 0.15) is 12.4 Å². The van der Waals surface area contributed by atoms with Crippen molar-refractivity contribution >= 4 is 21.7 Å². The molecule has 2 atom stereocenters. The molecule has 0 aromatic heterocycles. The van der Waals surface area contributed by atoms with E-state index < -0.39 is 39.4 Å². The zero-order valence-corrected chi connectivity index (χ0v) is 15.7. The minimum absolute atomic E-state index is 0.0362. The molecule has 0 saturated carbocycles. The Hall–Kier alpha value is -2.44. The minimum Gasteiger partial charge on any atom is -0.375 e. The first-order chi connectivity index (χ1) is 12.8. The summed E-state index contributed by atoms with van der Waals surface area (Å²) in [5.41, 5.74) is 0.654. The number of nitrogens with zero attached hydrogens (tertiary/aromatic N) is 1. The Morgan fingerprint density at radius 1 is 1.33 bits per heavy atom. The largest absolute Gasteiger partial charge is 0.375 e. The minimum atomic E-state index is -3.48. The maximum absolute atomic E-state index is 13.1. The van der Waals surface area contributed by atoms with Crippen molar-refractivity contribution in [2.75, 3.05) is 31.8 Å². The van der Waals surface area contributed by atoms with E-state index in [2.05, 4.69) is 11.2 Å². The van der Waals surface area contributed by atoms with Gasteiger partial charge in [-0.05, 0) is 17.7 Å². The molecule has 0 bridgehead atoms. The van der Waals surface area contributed by atoms with E-state index >= 15 is 0 Å². The molecule has 2 amide bonds. The highest BCUT2D eigenvalue weighted by Gasteiger charge is 2.44. The summed E-state index contributed by atoms with van der Waals surface area (Å²) >= 11 is 0. The number of benzene rings is 1. The zero-order chi connectivity index (χ0) is 20.0. The van der Waals surface area contributed by atoms with E-state index in [9.17, 15) is 22.4 Å². The summed E-state index contributed by atoms with van der Waals surface area (Å²) in [6.45, 7) is -0.162. The van der Waals surface area contributed by atoms with Gasteiger partial charge in [-0.3, -0.25) is 9.59 Å². The molecule has 1 aliphatic rings. The van der Waals surface area contributed by atoms with Gasteiger partial charge in [0.15, 0.2) is 9.84 Å². The van der Waals surface area contributed by atoms with Crippen LogP contribution in [-0.4, -0.2) is 62.9 Å². The van der Waals surface area contributed by atoms with Crippen molar-refractivity contribution in [2.45, 2.75) is 12.6 Å². The molecule has 0 spiro atoms. The lowest BCUT2D eigenvalue weighted by Crippen LogP contribution is -2.48. The van der Waals surface area contributed by atoms with Crippen LogP contribution in [0, 0.1) is 24.1 Å². The number of terminal acetylenes is 1. The number of ether oxygens (including phenoxy) is 1. The SMILES string of the molecule is C#CCN(Cc1ccc(F)cc1)C(=O)[C@@H]1CS(=O)(=O)C[C@H]1NC(=O)COC. The van der Waals surface area contributed by atoms with E-state index in [1.54, 1.807) is 0 Å². The molecular formula is C18H21FN2O5S. The summed E-state index contributed by atoms with van der Waals surface area (Å²) < 4.78 is 41.9. The number of amides is 2. The van der Waals surface area contributed by atoms with Gasteiger partial charge in [0, 0.05) is 13.7 Å². The van der Waals surface area contributed by atoms with Crippen LogP contribution in [0.3, 0.4) is 0 Å². The fraction of sp³-hybridized carbons (Fsp3) is 0.444. The van der Waals surface area contributed by atoms with E-state index in [-0.39, 0.29) is 31.2 Å². The molecule has 146 valence electrons. The smallest absolute Gasteiger partial charge is 0.246 e. The first-order valence-corrected chi connectivity index (χ1v) is 10.0. The fourth-order valence-corrected chi connectivity index (χ4v) is 4.90.